The molecule has 5 rings (SSSR count). The third-order valence-corrected chi connectivity index (χ3v) is 6.33. The molecule has 0 bridgehead atoms. The summed E-state index contributed by atoms with van der Waals surface area (Å²) in [6, 6.07) is 17.7. The first kappa shape index (κ1) is 21.4. The van der Waals surface area contributed by atoms with Crippen LogP contribution in [-0.2, 0) is 4.79 Å². The summed E-state index contributed by atoms with van der Waals surface area (Å²) < 4.78 is 7.71. The Labute approximate surface area is 194 Å². The van der Waals surface area contributed by atoms with Crippen molar-refractivity contribution in [3.05, 3.63) is 71.4 Å². The van der Waals surface area contributed by atoms with Crippen molar-refractivity contribution >= 4 is 11.7 Å². The van der Waals surface area contributed by atoms with Crippen LogP contribution in [-0.4, -0.2) is 27.2 Å². The lowest BCUT2D eigenvalue weighted by atomic mass is 9.73. The summed E-state index contributed by atoms with van der Waals surface area (Å²) >= 11 is 0. The molecule has 0 saturated carbocycles. The summed E-state index contributed by atoms with van der Waals surface area (Å²) in [6.45, 7) is 7.14. The smallest absolute Gasteiger partial charge is 0.226 e. The summed E-state index contributed by atoms with van der Waals surface area (Å²) in [4.78, 5) is 18.2. The zero-order valence-corrected chi connectivity index (χ0v) is 19.5. The quantitative estimate of drug-likeness (QED) is 0.490. The van der Waals surface area contributed by atoms with Gasteiger partial charge in [-0.25, -0.2) is 4.68 Å². The molecule has 0 amide bonds. The van der Waals surface area contributed by atoms with Gasteiger partial charge in [0.25, 0.3) is 0 Å². The number of ether oxygens (including phenoxy) is 1. The number of anilines is 1. The molecule has 0 fully saturated rings. The number of benzene rings is 2. The Hall–Kier alpha value is -3.41. The van der Waals surface area contributed by atoms with E-state index in [-0.39, 0.29) is 17.2 Å². The molecule has 33 heavy (non-hydrogen) atoms. The van der Waals surface area contributed by atoms with Gasteiger partial charge in [-0.05, 0) is 36.0 Å². The van der Waals surface area contributed by atoms with Crippen LogP contribution >= 0.6 is 0 Å². The monoisotopic (exact) mass is 442 g/mol. The van der Waals surface area contributed by atoms with Crippen LogP contribution in [0.25, 0.3) is 11.4 Å². The maximum Gasteiger partial charge on any atom is 0.226 e. The van der Waals surface area contributed by atoms with Crippen molar-refractivity contribution in [1.29, 1.82) is 0 Å². The van der Waals surface area contributed by atoms with E-state index < -0.39 is 0 Å². The van der Waals surface area contributed by atoms with E-state index in [0.29, 0.717) is 24.8 Å². The Kier molecular flexibility index (Phi) is 5.52. The first-order chi connectivity index (χ1) is 15.9. The summed E-state index contributed by atoms with van der Waals surface area (Å²) in [7, 11) is 0. The molecule has 1 atom stereocenters. The number of rotatable bonds is 6. The molecule has 2 aliphatic rings. The highest BCUT2D eigenvalue weighted by Gasteiger charge is 2.41. The van der Waals surface area contributed by atoms with Crippen molar-refractivity contribution in [1.82, 2.24) is 14.8 Å². The number of unbranched alkanes of at least 4 members (excludes halogenated alkanes) is 1. The van der Waals surface area contributed by atoms with Crippen molar-refractivity contribution in [2.75, 3.05) is 11.9 Å². The topological polar surface area (TPSA) is 69.0 Å². The number of nitrogens with zero attached hydrogens (tertiary/aromatic N) is 3. The van der Waals surface area contributed by atoms with Crippen molar-refractivity contribution < 1.29 is 9.53 Å². The third kappa shape index (κ3) is 4.17. The zero-order chi connectivity index (χ0) is 23.0. The molecular formula is C27H30N4O2. The molecule has 1 aliphatic heterocycles. The normalized spacial score (nSPS) is 19.0. The van der Waals surface area contributed by atoms with Crippen LogP contribution in [0, 0.1) is 5.41 Å². The Morgan fingerprint density at radius 2 is 1.85 bits per heavy atom. The molecule has 2 aromatic carbocycles. The van der Waals surface area contributed by atoms with Crippen LogP contribution in [0.2, 0.25) is 0 Å². The van der Waals surface area contributed by atoms with Gasteiger partial charge in [0, 0.05) is 23.3 Å². The number of carbonyl (C=O) groups excluding carboxylic acids is 1. The van der Waals surface area contributed by atoms with Crippen molar-refractivity contribution in [2.45, 2.75) is 52.5 Å². The number of ketones is 1. The zero-order valence-electron chi connectivity index (χ0n) is 19.5. The molecule has 170 valence electrons. The van der Waals surface area contributed by atoms with Crippen molar-refractivity contribution in [3.8, 4) is 17.1 Å². The van der Waals surface area contributed by atoms with Crippen molar-refractivity contribution in [2.24, 2.45) is 5.41 Å². The van der Waals surface area contributed by atoms with Gasteiger partial charge in [0.05, 0.1) is 6.61 Å². The fourth-order valence-electron chi connectivity index (χ4n) is 4.71. The Balaban J connectivity index is 1.57. The van der Waals surface area contributed by atoms with E-state index in [1.807, 2.05) is 59.3 Å². The molecule has 6 heteroatoms. The lowest BCUT2D eigenvalue weighted by molar-refractivity contribution is -0.118. The van der Waals surface area contributed by atoms with Crippen LogP contribution in [0.4, 0.5) is 5.95 Å². The van der Waals surface area contributed by atoms with Gasteiger partial charge >= 0.3 is 0 Å². The van der Waals surface area contributed by atoms with Crippen LogP contribution < -0.4 is 10.1 Å². The fraction of sp³-hybridized carbons (Fsp3) is 0.370. The Bertz CT molecular complexity index is 1190. The first-order valence-corrected chi connectivity index (χ1v) is 11.7. The number of hydrogen-bond acceptors (Lipinski definition) is 5. The fourth-order valence-corrected chi connectivity index (χ4v) is 4.71. The number of fused-ring (bicyclic) bond motifs is 1. The maximum absolute atomic E-state index is 13.4. The summed E-state index contributed by atoms with van der Waals surface area (Å²) in [6.07, 6.45) is 3.46. The molecule has 0 radical (unpaired) electrons. The van der Waals surface area contributed by atoms with Gasteiger partial charge in [0.2, 0.25) is 5.95 Å². The second-order valence-electron chi connectivity index (χ2n) is 9.70. The first-order valence-electron chi connectivity index (χ1n) is 11.7. The molecule has 3 aromatic rings. The standard InChI is InChI=1S/C27H30N4O2/c1-4-5-15-33-20-13-11-18(12-14-20)24-23-21(16-27(2,3)17-22(23)32)28-26-29-25(30-31(24)26)19-9-7-6-8-10-19/h6-14,24H,4-5,15-17H2,1-3H3,(H,28,29,30)/t24-/m0/s1. The summed E-state index contributed by atoms with van der Waals surface area (Å²) in [5.41, 5.74) is 3.62. The number of aromatic nitrogens is 3. The minimum absolute atomic E-state index is 0.0884. The molecule has 0 spiro atoms. The number of nitrogens with one attached hydrogen (secondary N) is 1. The van der Waals surface area contributed by atoms with E-state index in [1.165, 1.54) is 0 Å². The van der Waals surface area contributed by atoms with Gasteiger partial charge in [0.15, 0.2) is 11.6 Å². The maximum atomic E-state index is 13.4. The molecule has 1 aromatic heterocycles. The molecule has 0 saturated heterocycles. The minimum Gasteiger partial charge on any atom is -0.494 e. The van der Waals surface area contributed by atoms with Gasteiger partial charge in [0.1, 0.15) is 11.8 Å². The molecule has 1 N–H and O–H groups in total. The van der Waals surface area contributed by atoms with Gasteiger partial charge in [-0.2, -0.15) is 4.98 Å². The Morgan fingerprint density at radius 3 is 2.58 bits per heavy atom. The largest absolute Gasteiger partial charge is 0.494 e. The lowest BCUT2D eigenvalue weighted by Crippen LogP contribution is -2.36. The van der Waals surface area contributed by atoms with E-state index in [0.717, 1.165) is 47.4 Å². The third-order valence-electron chi connectivity index (χ3n) is 6.33. The van der Waals surface area contributed by atoms with E-state index >= 15 is 0 Å². The van der Waals surface area contributed by atoms with E-state index in [4.69, 9.17) is 14.8 Å². The summed E-state index contributed by atoms with van der Waals surface area (Å²) in [5.74, 6) is 2.33. The molecular weight excluding hydrogens is 412 g/mol. The van der Waals surface area contributed by atoms with Crippen molar-refractivity contribution in [3.63, 3.8) is 0 Å². The number of hydrogen-bond donors (Lipinski definition) is 1. The Morgan fingerprint density at radius 1 is 1.09 bits per heavy atom. The highest BCUT2D eigenvalue weighted by Crippen LogP contribution is 2.45. The van der Waals surface area contributed by atoms with Crippen LogP contribution in [0.3, 0.4) is 0 Å². The average molecular weight is 443 g/mol. The average Bonchev–Trinajstić information content (AvgIpc) is 3.22. The SMILES string of the molecule is CCCCOc1ccc([C@H]2C3=C(CC(C)(C)CC3=O)Nc3nc(-c4ccccc4)nn32)cc1. The summed E-state index contributed by atoms with van der Waals surface area (Å²) in [5, 5.41) is 8.29. The van der Waals surface area contributed by atoms with Gasteiger partial charge in [-0.3, -0.25) is 4.79 Å². The van der Waals surface area contributed by atoms with Crippen LogP contribution in [0.15, 0.2) is 65.9 Å². The molecule has 6 nitrogen and oxygen atoms in total. The number of Topliss-reactive ketones (excluding diaryl/α,β-unsaturated/α-hetero) is 1. The lowest BCUT2D eigenvalue weighted by Gasteiger charge is -2.38. The van der Waals surface area contributed by atoms with Crippen LogP contribution in [0.5, 0.6) is 5.75 Å². The van der Waals surface area contributed by atoms with Gasteiger partial charge < -0.3 is 10.1 Å². The van der Waals surface area contributed by atoms with Gasteiger partial charge in [-0.1, -0.05) is 69.7 Å². The predicted molar refractivity (Wildman–Crippen MR) is 129 cm³/mol. The number of carbonyl (C=O) groups is 1. The second kappa shape index (κ2) is 8.50. The van der Waals surface area contributed by atoms with E-state index in [2.05, 4.69) is 26.1 Å². The van der Waals surface area contributed by atoms with E-state index in [9.17, 15) is 4.79 Å². The predicted octanol–water partition coefficient (Wildman–Crippen LogP) is 5.78. The molecule has 1 aliphatic carbocycles. The highest BCUT2D eigenvalue weighted by atomic mass is 16.5. The highest BCUT2D eigenvalue weighted by molar-refractivity contribution is 6.00. The number of allylic oxidation sites excluding steroid dienone is 2. The van der Waals surface area contributed by atoms with Crippen LogP contribution in [0.1, 0.15) is 58.1 Å². The minimum atomic E-state index is -0.311. The van der Waals surface area contributed by atoms with E-state index in [1.54, 1.807) is 0 Å². The molecule has 2 heterocycles. The second-order valence-corrected chi connectivity index (χ2v) is 9.70. The molecule has 0 unspecified atom stereocenters. The van der Waals surface area contributed by atoms with Gasteiger partial charge in [-0.15, -0.1) is 5.10 Å².